The van der Waals surface area contributed by atoms with E-state index in [9.17, 15) is 14.9 Å². The van der Waals surface area contributed by atoms with Gasteiger partial charge in [-0.05, 0) is 74.7 Å². The Morgan fingerprint density at radius 2 is 1.55 bits per heavy atom. The topological polar surface area (TPSA) is 146 Å². The van der Waals surface area contributed by atoms with Crippen LogP contribution in [0.25, 0.3) is 0 Å². The largest absolute Gasteiger partial charge is 0.497 e. The molecule has 0 saturated carbocycles. The van der Waals surface area contributed by atoms with E-state index >= 15 is 0 Å². The molecule has 0 bridgehead atoms. The molecule has 2 heterocycles. The molecule has 4 aromatic rings. The van der Waals surface area contributed by atoms with Crippen molar-refractivity contribution in [3.05, 3.63) is 118 Å². The van der Waals surface area contributed by atoms with Gasteiger partial charge in [-0.25, -0.2) is 9.46 Å². The van der Waals surface area contributed by atoms with E-state index in [4.69, 9.17) is 28.0 Å². The maximum atomic E-state index is 13.4. The minimum Gasteiger partial charge on any atom is -0.497 e. The number of carbonyl (C=O) groups excluding carboxylic acids is 1. The molecule has 0 spiro atoms. The van der Waals surface area contributed by atoms with Gasteiger partial charge in [-0.2, -0.15) is 10.2 Å². The molecule has 1 amide bonds. The molecule has 1 aromatic heterocycles. The van der Waals surface area contributed by atoms with Crippen LogP contribution in [0.3, 0.4) is 0 Å². The Labute approximate surface area is 324 Å². The molecule has 5 rings (SSSR count). The van der Waals surface area contributed by atoms with Gasteiger partial charge in [-0.3, -0.25) is 9.36 Å². The van der Waals surface area contributed by atoms with E-state index < -0.39 is 38.3 Å². The van der Waals surface area contributed by atoms with Crippen molar-refractivity contribution >= 4 is 20.3 Å². The molecule has 13 nitrogen and oxygen atoms in total. The Hall–Kier alpha value is -4.67. The normalized spacial score (nSPS) is 17.7. The third kappa shape index (κ3) is 9.96. The van der Waals surface area contributed by atoms with Crippen LogP contribution in [0.1, 0.15) is 70.4 Å². The van der Waals surface area contributed by atoms with Crippen molar-refractivity contribution in [2.24, 2.45) is 0 Å². The smallest absolute Gasteiger partial charge is 0.351 e. The summed E-state index contributed by atoms with van der Waals surface area (Å²) in [5, 5.41) is 11.9. The van der Waals surface area contributed by atoms with Gasteiger partial charge in [0.15, 0.2) is 0 Å². The van der Waals surface area contributed by atoms with E-state index in [2.05, 4.69) is 48.7 Å². The molecule has 1 aliphatic rings. The summed E-state index contributed by atoms with van der Waals surface area (Å²) in [7, 11) is 1.57. The first-order valence-electron chi connectivity index (χ1n) is 18.3. The number of aromatic nitrogens is 2. The maximum absolute atomic E-state index is 13.4. The molecular weight excluding hydrogens is 721 g/mol. The third-order valence-corrected chi connectivity index (χ3v) is 11.3. The summed E-state index contributed by atoms with van der Waals surface area (Å²) in [5.41, 5.74) is 0.835. The highest BCUT2D eigenvalue weighted by atomic mass is 31.2. The van der Waals surface area contributed by atoms with Crippen molar-refractivity contribution in [2.75, 3.05) is 32.8 Å². The zero-order valence-electron chi connectivity index (χ0n) is 32.4. The Morgan fingerprint density at radius 3 is 2.05 bits per heavy atom. The van der Waals surface area contributed by atoms with E-state index in [1.807, 2.05) is 78.9 Å². The van der Waals surface area contributed by atoms with Crippen LogP contribution in [0, 0.1) is 11.3 Å². The Balaban J connectivity index is 1.59. The van der Waals surface area contributed by atoms with Crippen LogP contribution in [0.15, 0.2) is 95.9 Å². The first kappa shape index (κ1) is 41.5. The van der Waals surface area contributed by atoms with Gasteiger partial charge in [0.2, 0.25) is 5.91 Å². The van der Waals surface area contributed by atoms with E-state index in [1.54, 1.807) is 26.5 Å². The molecule has 1 fully saturated rings. The lowest BCUT2D eigenvalue weighted by atomic mass is 9.80. The van der Waals surface area contributed by atoms with Crippen LogP contribution < -0.4 is 20.5 Å². The van der Waals surface area contributed by atoms with Gasteiger partial charge >= 0.3 is 5.69 Å². The number of rotatable bonds is 18. The molecule has 0 radical (unpaired) electrons. The monoisotopic (exact) mass is 771 g/mol. The number of nitrogens with one attached hydrogen (secondary N) is 1. The summed E-state index contributed by atoms with van der Waals surface area (Å²) >= 11 is 0. The average molecular weight is 772 g/mol. The Morgan fingerprint density at radius 1 is 0.964 bits per heavy atom. The minimum atomic E-state index is -1.68. The Bertz CT molecular complexity index is 1880. The highest BCUT2D eigenvalue weighted by molar-refractivity contribution is 7.44. The summed E-state index contributed by atoms with van der Waals surface area (Å²) in [5.74, 6) is 1.20. The number of benzene rings is 3. The zero-order valence-corrected chi connectivity index (χ0v) is 33.3. The molecule has 14 heteroatoms. The fourth-order valence-electron chi connectivity index (χ4n) is 6.71. The van der Waals surface area contributed by atoms with Gasteiger partial charge in [-0.1, -0.05) is 54.6 Å². The predicted molar refractivity (Wildman–Crippen MR) is 210 cm³/mol. The highest BCUT2D eigenvalue weighted by Gasteiger charge is 2.45. The molecule has 1 N–H and O–H groups in total. The van der Waals surface area contributed by atoms with Crippen molar-refractivity contribution < 1.29 is 32.8 Å². The second kappa shape index (κ2) is 19.3. The minimum absolute atomic E-state index is 0.0327. The van der Waals surface area contributed by atoms with Crippen molar-refractivity contribution in [3.8, 4) is 17.6 Å². The average Bonchev–Trinajstić information content (AvgIpc) is 3.57. The Kier molecular flexibility index (Phi) is 14.5. The van der Waals surface area contributed by atoms with Gasteiger partial charge < -0.3 is 33.3 Å². The number of hydrogen-bond acceptors (Lipinski definition) is 11. The number of carbonyl (C=O) groups is 1. The lowest BCUT2D eigenvalue weighted by Crippen LogP contribution is -2.39. The number of methoxy groups -OCH3 is 2. The van der Waals surface area contributed by atoms with E-state index in [1.165, 1.54) is 11.5 Å². The van der Waals surface area contributed by atoms with Crippen molar-refractivity contribution in [2.45, 2.75) is 83.6 Å². The van der Waals surface area contributed by atoms with Gasteiger partial charge in [0.05, 0.1) is 46.0 Å². The van der Waals surface area contributed by atoms with Gasteiger partial charge in [0.25, 0.3) is 8.53 Å². The van der Waals surface area contributed by atoms with E-state index in [-0.39, 0.29) is 49.9 Å². The number of nitrogens with zero attached hydrogens (tertiary/aromatic N) is 4. The van der Waals surface area contributed by atoms with Crippen molar-refractivity contribution in [1.29, 1.82) is 5.26 Å². The summed E-state index contributed by atoms with van der Waals surface area (Å²) in [6, 6.07) is 29.3. The van der Waals surface area contributed by atoms with Crippen LogP contribution in [-0.2, 0) is 28.9 Å². The number of hydrogen-bond donors (Lipinski definition) is 1. The molecule has 0 aliphatic carbocycles. The molecule has 55 heavy (non-hydrogen) atoms. The molecule has 1 aliphatic heterocycles. The van der Waals surface area contributed by atoms with Crippen LogP contribution in [0.2, 0.25) is 0 Å². The van der Waals surface area contributed by atoms with Crippen LogP contribution >= 0.6 is 8.53 Å². The van der Waals surface area contributed by atoms with Gasteiger partial charge in [-0.15, -0.1) is 0 Å². The van der Waals surface area contributed by atoms with E-state index in [0.717, 1.165) is 16.7 Å². The first-order chi connectivity index (χ1) is 26.5. The summed E-state index contributed by atoms with van der Waals surface area (Å²) in [6.07, 6.45) is -0.0653. The summed E-state index contributed by atoms with van der Waals surface area (Å²) in [4.78, 5) is 29.1. The predicted octanol–water partition coefficient (Wildman–Crippen LogP) is 7.18. The number of anilines is 1. The zero-order chi connectivity index (χ0) is 39.5. The van der Waals surface area contributed by atoms with Gasteiger partial charge in [0.1, 0.15) is 35.2 Å². The van der Waals surface area contributed by atoms with Crippen molar-refractivity contribution in [3.63, 3.8) is 0 Å². The fraction of sp³-hybridized carbons (Fsp3) is 0.415. The molecule has 2 unspecified atom stereocenters. The quantitative estimate of drug-likeness (QED) is 0.0624. The first-order valence-corrected chi connectivity index (χ1v) is 19.4. The maximum Gasteiger partial charge on any atom is 0.351 e. The molecule has 292 valence electrons. The molecule has 4 atom stereocenters. The number of amides is 1. The number of nitriles is 1. The van der Waals surface area contributed by atoms with Crippen LogP contribution in [0.5, 0.6) is 11.5 Å². The third-order valence-electron chi connectivity index (χ3n) is 9.15. The highest BCUT2D eigenvalue weighted by Crippen LogP contribution is 2.50. The molecular formula is C41H50N5O8P. The molecule has 1 saturated heterocycles. The second-order valence-electron chi connectivity index (χ2n) is 13.6. The fourth-order valence-corrected chi connectivity index (χ4v) is 8.46. The van der Waals surface area contributed by atoms with Crippen LogP contribution in [-0.4, -0.2) is 71.9 Å². The second-order valence-corrected chi connectivity index (χ2v) is 15.0. The number of ether oxygens (including phenoxy) is 4. The molecule has 3 aromatic carbocycles. The lowest BCUT2D eigenvalue weighted by Gasteiger charge is -2.39. The van der Waals surface area contributed by atoms with Gasteiger partial charge in [0, 0.05) is 31.6 Å². The van der Waals surface area contributed by atoms with E-state index in [0.29, 0.717) is 11.5 Å². The summed E-state index contributed by atoms with van der Waals surface area (Å²) in [6.45, 7) is 9.85. The van der Waals surface area contributed by atoms with Crippen LogP contribution in [0.4, 0.5) is 5.82 Å². The lowest BCUT2D eigenvalue weighted by molar-refractivity contribution is -0.114. The summed E-state index contributed by atoms with van der Waals surface area (Å²) < 4.78 is 41.7. The van der Waals surface area contributed by atoms with Crippen molar-refractivity contribution in [1.82, 2.24) is 14.2 Å². The SMILES string of the molecule is COc1ccc(C(OCC2O[C@@H](n3ccc(NC(C)=O)nc3=O)C[C@H]2OP(OCCC#N)N(C(C)C)C(C)C)(c2ccccc2)c2ccc(OC)cc2)cc1. The standard InChI is InChI=1S/C41H50N5O8P/c1-28(2)46(29(3)4)55(52-25-11-23-42)54-36-26-39(45-24-22-38(43-30(5)47)44-40(45)48)53-37(36)27-51-41(31-12-9-8-10-13-31,32-14-18-34(49-6)19-15-32)33-16-20-35(50-7)21-17-33/h8-10,12-22,24,28-29,36-37,39H,11,25-27H2,1-7H3,(H,43,44,47,48)/t36-,37?,39-,55?/m1/s1.